The van der Waals surface area contributed by atoms with Crippen LogP contribution in [0.4, 0.5) is 0 Å². The Bertz CT molecular complexity index is 576. The monoisotopic (exact) mass is 252 g/mol. The minimum absolute atomic E-state index is 0.115. The Labute approximate surface area is 113 Å². The maximum absolute atomic E-state index is 11.7. The third-order valence-corrected chi connectivity index (χ3v) is 2.79. The van der Waals surface area contributed by atoms with Gasteiger partial charge >= 0.3 is 0 Å². The Morgan fingerprint density at radius 2 is 1.79 bits per heavy atom. The number of carbonyl (C=O) groups excluding carboxylic acids is 1. The topological polar surface area (TPSA) is 41.5 Å². The molecule has 3 nitrogen and oxygen atoms in total. The summed E-state index contributed by atoms with van der Waals surface area (Å²) in [6.45, 7) is 2.01. The van der Waals surface area contributed by atoms with E-state index < -0.39 is 0 Å². The van der Waals surface area contributed by atoms with Gasteiger partial charge in [0.05, 0.1) is 12.6 Å². The van der Waals surface area contributed by atoms with Gasteiger partial charge in [0.15, 0.2) is 0 Å². The number of hydrogen-bond donors (Lipinski definition) is 1. The van der Waals surface area contributed by atoms with E-state index in [4.69, 9.17) is 0 Å². The van der Waals surface area contributed by atoms with E-state index >= 15 is 0 Å². The fourth-order valence-electron chi connectivity index (χ4n) is 1.73. The molecule has 19 heavy (non-hydrogen) atoms. The number of carbonyl (C=O) groups is 1. The highest BCUT2D eigenvalue weighted by atomic mass is 16.2. The van der Waals surface area contributed by atoms with Gasteiger partial charge in [-0.1, -0.05) is 54.6 Å². The second kappa shape index (κ2) is 6.50. The van der Waals surface area contributed by atoms with Crippen LogP contribution in [0, 0.1) is 6.92 Å². The lowest BCUT2D eigenvalue weighted by Gasteiger charge is -2.01. The zero-order valence-electron chi connectivity index (χ0n) is 10.8. The third-order valence-electron chi connectivity index (χ3n) is 2.79. The lowest BCUT2D eigenvalue weighted by molar-refractivity contribution is -0.120. The predicted molar refractivity (Wildman–Crippen MR) is 77.1 cm³/mol. The summed E-state index contributed by atoms with van der Waals surface area (Å²) in [7, 11) is 0. The van der Waals surface area contributed by atoms with E-state index in [2.05, 4.69) is 10.5 Å². The molecule has 0 saturated heterocycles. The van der Waals surface area contributed by atoms with E-state index in [0.29, 0.717) is 6.42 Å². The second-order valence-electron chi connectivity index (χ2n) is 4.31. The van der Waals surface area contributed by atoms with Gasteiger partial charge in [-0.05, 0) is 23.6 Å². The standard InChI is InChI=1S/C16H16N2O/c1-13-7-5-6-10-15(13)12-17-18-16(19)11-14-8-3-2-4-9-14/h2-10,12H,11H2,1H3,(H,18,19)/b17-12-. The van der Waals surface area contributed by atoms with Crippen molar-refractivity contribution in [3.05, 3.63) is 71.3 Å². The van der Waals surface area contributed by atoms with Gasteiger partial charge in [-0.3, -0.25) is 4.79 Å². The van der Waals surface area contributed by atoms with Crippen LogP contribution in [0.15, 0.2) is 59.7 Å². The van der Waals surface area contributed by atoms with Crippen molar-refractivity contribution in [1.82, 2.24) is 5.43 Å². The zero-order chi connectivity index (χ0) is 13.5. The van der Waals surface area contributed by atoms with E-state index in [1.54, 1.807) is 6.21 Å². The van der Waals surface area contributed by atoms with Crippen LogP contribution < -0.4 is 5.43 Å². The largest absolute Gasteiger partial charge is 0.273 e. The Morgan fingerprint density at radius 3 is 2.53 bits per heavy atom. The summed E-state index contributed by atoms with van der Waals surface area (Å²) < 4.78 is 0. The van der Waals surface area contributed by atoms with Gasteiger partial charge in [0, 0.05) is 0 Å². The third kappa shape index (κ3) is 4.07. The van der Waals surface area contributed by atoms with Gasteiger partial charge in [0.1, 0.15) is 0 Å². The molecule has 2 aromatic carbocycles. The van der Waals surface area contributed by atoms with Crippen LogP contribution >= 0.6 is 0 Å². The first kappa shape index (κ1) is 13.0. The van der Waals surface area contributed by atoms with Gasteiger partial charge in [0.25, 0.3) is 0 Å². The number of amides is 1. The lowest BCUT2D eigenvalue weighted by atomic mass is 10.1. The number of hydrogen-bond acceptors (Lipinski definition) is 2. The van der Waals surface area contributed by atoms with Crippen LogP contribution in [0.5, 0.6) is 0 Å². The Kier molecular flexibility index (Phi) is 4.45. The van der Waals surface area contributed by atoms with Crippen LogP contribution in [-0.4, -0.2) is 12.1 Å². The summed E-state index contributed by atoms with van der Waals surface area (Å²) in [6.07, 6.45) is 2.00. The van der Waals surface area contributed by atoms with Crippen LogP contribution in [0.2, 0.25) is 0 Å². The van der Waals surface area contributed by atoms with E-state index in [-0.39, 0.29) is 5.91 Å². The van der Waals surface area contributed by atoms with Crippen LogP contribution in [0.25, 0.3) is 0 Å². The van der Waals surface area contributed by atoms with Crippen molar-refractivity contribution in [2.45, 2.75) is 13.3 Å². The molecule has 0 aliphatic carbocycles. The summed E-state index contributed by atoms with van der Waals surface area (Å²) in [5, 5.41) is 3.97. The van der Waals surface area contributed by atoms with Gasteiger partial charge in [0.2, 0.25) is 5.91 Å². The quantitative estimate of drug-likeness (QED) is 0.659. The predicted octanol–water partition coefficient (Wildman–Crippen LogP) is 2.69. The molecule has 0 heterocycles. The average molecular weight is 252 g/mol. The lowest BCUT2D eigenvalue weighted by Crippen LogP contribution is -2.19. The number of rotatable bonds is 4. The summed E-state index contributed by atoms with van der Waals surface area (Å²) >= 11 is 0. The molecule has 0 aromatic heterocycles. The number of nitrogens with one attached hydrogen (secondary N) is 1. The average Bonchev–Trinajstić information content (AvgIpc) is 2.42. The van der Waals surface area contributed by atoms with Crippen molar-refractivity contribution in [3.8, 4) is 0 Å². The summed E-state index contributed by atoms with van der Waals surface area (Å²) in [6, 6.07) is 17.5. The smallest absolute Gasteiger partial charge is 0.244 e. The van der Waals surface area contributed by atoms with E-state index in [1.165, 1.54) is 0 Å². The molecular weight excluding hydrogens is 236 g/mol. The van der Waals surface area contributed by atoms with Crippen molar-refractivity contribution in [1.29, 1.82) is 0 Å². The molecule has 0 spiro atoms. The maximum Gasteiger partial charge on any atom is 0.244 e. The van der Waals surface area contributed by atoms with Gasteiger partial charge in [-0.15, -0.1) is 0 Å². The van der Waals surface area contributed by atoms with Crippen molar-refractivity contribution < 1.29 is 4.79 Å². The molecule has 0 unspecified atom stereocenters. The van der Waals surface area contributed by atoms with Gasteiger partial charge < -0.3 is 0 Å². The van der Waals surface area contributed by atoms with Crippen LogP contribution in [-0.2, 0) is 11.2 Å². The van der Waals surface area contributed by atoms with E-state index in [0.717, 1.165) is 16.7 Å². The normalized spacial score (nSPS) is 10.6. The maximum atomic E-state index is 11.7. The minimum Gasteiger partial charge on any atom is -0.273 e. The summed E-state index contributed by atoms with van der Waals surface area (Å²) in [4.78, 5) is 11.7. The van der Waals surface area contributed by atoms with E-state index in [1.807, 2.05) is 61.5 Å². The second-order valence-corrected chi connectivity index (χ2v) is 4.31. The molecule has 1 N–H and O–H groups in total. The van der Waals surface area contributed by atoms with Crippen LogP contribution in [0.3, 0.4) is 0 Å². The first-order chi connectivity index (χ1) is 9.25. The van der Waals surface area contributed by atoms with Crippen molar-refractivity contribution >= 4 is 12.1 Å². The molecule has 1 amide bonds. The van der Waals surface area contributed by atoms with Crippen LogP contribution in [0.1, 0.15) is 16.7 Å². The first-order valence-electron chi connectivity index (χ1n) is 6.17. The SMILES string of the molecule is Cc1ccccc1/C=N\NC(=O)Cc1ccccc1. The fraction of sp³-hybridized carbons (Fsp3) is 0.125. The molecular formula is C16H16N2O. The van der Waals surface area contributed by atoms with Crippen molar-refractivity contribution in [3.63, 3.8) is 0 Å². The molecule has 0 aliphatic rings. The fourth-order valence-corrected chi connectivity index (χ4v) is 1.73. The molecule has 0 atom stereocenters. The number of aryl methyl sites for hydroxylation is 1. The number of hydrazone groups is 1. The Balaban J connectivity index is 1.89. The number of nitrogens with zero attached hydrogens (tertiary/aromatic N) is 1. The molecule has 2 aromatic rings. The molecule has 0 radical (unpaired) electrons. The Morgan fingerprint density at radius 1 is 1.11 bits per heavy atom. The molecule has 2 rings (SSSR count). The highest BCUT2D eigenvalue weighted by Gasteiger charge is 2.00. The molecule has 96 valence electrons. The first-order valence-corrected chi connectivity index (χ1v) is 6.17. The zero-order valence-corrected chi connectivity index (χ0v) is 10.8. The molecule has 0 saturated carbocycles. The highest BCUT2D eigenvalue weighted by molar-refractivity contribution is 5.84. The molecule has 3 heteroatoms. The number of benzene rings is 2. The minimum atomic E-state index is -0.115. The molecule has 0 aliphatic heterocycles. The van der Waals surface area contributed by atoms with E-state index in [9.17, 15) is 4.79 Å². The molecule has 0 fully saturated rings. The summed E-state index contributed by atoms with van der Waals surface area (Å²) in [5.74, 6) is -0.115. The molecule has 0 bridgehead atoms. The summed E-state index contributed by atoms with van der Waals surface area (Å²) in [5.41, 5.74) is 5.65. The van der Waals surface area contributed by atoms with Crippen molar-refractivity contribution in [2.24, 2.45) is 5.10 Å². The Hall–Kier alpha value is -2.42. The van der Waals surface area contributed by atoms with Gasteiger partial charge in [-0.25, -0.2) is 5.43 Å². The highest BCUT2D eigenvalue weighted by Crippen LogP contribution is 2.03. The van der Waals surface area contributed by atoms with Gasteiger partial charge in [-0.2, -0.15) is 5.10 Å². The van der Waals surface area contributed by atoms with Crippen molar-refractivity contribution in [2.75, 3.05) is 0 Å².